The van der Waals surface area contributed by atoms with Crippen LogP contribution in [0.5, 0.6) is 0 Å². The molecule has 0 saturated heterocycles. The first-order chi connectivity index (χ1) is 8.33. The number of hydrogen-bond acceptors (Lipinski definition) is 0. The Morgan fingerprint density at radius 3 is 2.53 bits per heavy atom. The molecule has 0 aliphatic heterocycles. The molecule has 17 heavy (non-hydrogen) atoms. The third kappa shape index (κ3) is 1.39. The highest BCUT2D eigenvalue weighted by Gasteiger charge is 2.08. The third-order valence-corrected chi connectivity index (χ3v) is 3.30. The van der Waals surface area contributed by atoms with Crippen LogP contribution in [-0.4, -0.2) is 4.57 Å². The highest BCUT2D eigenvalue weighted by Crippen LogP contribution is 2.30. The van der Waals surface area contributed by atoms with Gasteiger partial charge in [0.2, 0.25) is 0 Å². The molecule has 0 amide bonds. The van der Waals surface area contributed by atoms with Gasteiger partial charge >= 0.3 is 0 Å². The van der Waals surface area contributed by atoms with E-state index in [0.29, 0.717) is 0 Å². The van der Waals surface area contributed by atoms with E-state index in [1.807, 2.05) is 0 Å². The highest BCUT2D eigenvalue weighted by atomic mass is 14.9. The lowest BCUT2D eigenvalue weighted by Crippen LogP contribution is -1.88. The van der Waals surface area contributed by atoms with Crippen LogP contribution in [0.15, 0.2) is 48.5 Å². The van der Waals surface area contributed by atoms with Crippen molar-refractivity contribution in [3.8, 4) is 0 Å². The molecule has 3 aromatic rings. The summed E-state index contributed by atoms with van der Waals surface area (Å²) >= 11 is 0. The fourth-order valence-electron chi connectivity index (χ4n) is 2.58. The molecule has 0 unspecified atom stereocenters. The maximum atomic E-state index is 2.28. The first-order valence-electron chi connectivity index (χ1n) is 5.92. The molecule has 1 nitrogen and oxygen atoms in total. The monoisotopic (exact) mass is 221 g/mol. The summed E-state index contributed by atoms with van der Waals surface area (Å²) in [4.78, 5) is 0. The zero-order valence-corrected chi connectivity index (χ0v) is 10.1. The van der Waals surface area contributed by atoms with Crippen molar-refractivity contribution in [1.82, 2.24) is 4.57 Å². The smallest absolute Gasteiger partial charge is 0.0562 e. The zero-order chi connectivity index (χ0) is 11.8. The lowest BCUT2D eigenvalue weighted by Gasteiger charge is -2.01. The molecule has 3 rings (SSSR count). The summed E-state index contributed by atoms with van der Waals surface area (Å²) in [6.45, 7) is 2.06. The first kappa shape index (κ1) is 10.2. The Morgan fingerprint density at radius 1 is 0.941 bits per heavy atom. The molecule has 1 heteroatoms. The summed E-state index contributed by atoms with van der Waals surface area (Å²) in [6, 6.07) is 15.1. The molecule has 0 radical (unpaired) electrons. The number of benzene rings is 2. The molecular weight excluding hydrogens is 206 g/mol. The van der Waals surface area contributed by atoms with E-state index in [1.54, 1.807) is 0 Å². The fraction of sp³-hybridized carbons (Fsp3) is 0.125. The molecule has 0 atom stereocenters. The fourth-order valence-corrected chi connectivity index (χ4v) is 2.58. The van der Waals surface area contributed by atoms with Crippen molar-refractivity contribution in [3.05, 3.63) is 54.1 Å². The van der Waals surface area contributed by atoms with Crippen LogP contribution in [0.2, 0.25) is 0 Å². The second kappa shape index (κ2) is 3.77. The summed E-state index contributed by atoms with van der Waals surface area (Å²) in [5.41, 5.74) is 3.88. The van der Waals surface area contributed by atoms with Gasteiger partial charge in [0.25, 0.3) is 0 Å². The van der Waals surface area contributed by atoms with Gasteiger partial charge in [-0.3, -0.25) is 0 Å². The van der Waals surface area contributed by atoms with Crippen molar-refractivity contribution in [2.75, 3.05) is 0 Å². The van der Waals surface area contributed by atoms with Gasteiger partial charge in [-0.05, 0) is 18.6 Å². The van der Waals surface area contributed by atoms with E-state index in [9.17, 15) is 0 Å². The summed E-state index contributed by atoms with van der Waals surface area (Å²) in [5.74, 6) is 0. The molecule has 0 spiro atoms. The van der Waals surface area contributed by atoms with Gasteiger partial charge in [-0.25, -0.2) is 0 Å². The Balaban J connectivity index is 2.57. The molecule has 0 N–H and O–H groups in total. The lowest BCUT2D eigenvalue weighted by molar-refractivity contribution is 1.01. The van der Waals surface area contributed by atoms with Crippen molar-refractivity contribution in [2.45, 2.75) is 6.92 Å². The Morgan fingerprint density at radius 2 is 1.71 bits per heavy atom. The minimum atomic E-state index is 1.28. The third-order valence-electron chi connectivity index (χ3n) is 3.30. The van der Waals surface area contributed by atoms with E-state index in [0.717, 1.165) is 0 Å². The number of aryl methyl sites for hydroxylation is 1. The predicted molar refractivity (Wildman–Crippen MR) is 75.1 cm³/mol. The Bertz CT molecular complexity index is 717. The molecule has 0 bridgehead atoms. The van der Waals surface area contributed by atoms with E-state index < -0.39 is 0 Å². The van der Waals surface area contributed by atoms with Gasteiger partial charge in [-0.2, -0.15) is 0 Å². The standard InChI is InChI=1S/C16H15N/c1-3-7-12-8-6-10-14-13-9-4-5-11-15(13)17(2)16(12)14/h3-11H,1-2H3. The van der Waals surface area contributed by atoms with Crippen molar-refractivity contribution in [2.24, 2.45) is 7.05 Å². The zero-order valence-electron chi connectivity index (χ0n) is 10.1. The topological polar surface area (TPSA) is 4.93 Å². The second-order valence-corrected chi connectivity index (χ2v) is 4.32. The molecule has 0 fully saturated rings. The number of allylic oxidation sites excluding steroid dienone is 1. The van der Waals surface area contributed by atoms with E-state index in [1.165, 1.54) is 27.4 Å². The predicted octanol–water partition coefficient (Wildman–Crippen LogP) is 4.36. The van der Waals surface area contributed by atoms with Crippen LogP contribution < -0.4 is 0 Å². The lowest BCUT2D eigenvalue weighted by atomic mass is 10.1. The van der Waals surface area contributed by atoms with Gasteiger partial charge in [-0.15, -0.1) is 0 Å². The SMILES string of the molecule is CC=Cc1cccc2c3ccccc3n(C)c12. The minimum Gasteiger partial charge on any atom is -0.343 e. The van der Waals surface area contributed by atoms with Crippen molar-refractivity contribution in [1.29, 1.82) is 0 Å². The second-order valence-electron chi connectivity index (χ2n) is 4.32. The van der Waals surface area contributed by atoms with Crippen LogP contribution in [0.3, 0.4) is 0 Å². The van der Waals surface area contributed by atoms with E-state index in [4.69, 9.17) is 0 Å². The van der Waals surface area contributed by atoms with Crippen LogP contribution in [0.25, 0.3) is 27.9 Å². The Kier molecular flexibility index (Phi) is 2.25. The molecule has 0 aliphatic rings. The van der Waals surface area contributed by atoms with Crippen LogP contribution in [-0.2, 0) is 7.05 Å². The van der Waals surface area contributed by atoms with Crippen molar-refractivity contribution < 1.29 is 0 Å². The number of hydrogen-bond donors (Lipinski definition) is 0. The molecule has 1 aromatic heterocycles. The summed E-state index contributed by atoms with van der Waals surface area (Å²) in [5, 5.41) is 2.66. The molecule has 0 aliphatic carbocycles. The van der Waals surface area contributed by atoms with Crippen LogP contribution in [0, 0.1) is 0 Å². The summed E-state index contributed by atoms with van der Waals surface area (Å²) < 4.78 is 2.28. The summed E-state index contributed by atoms with van der Waals surface area (Å²) in [7, 11) is 2.14. The highest BCUT2D eigenvalue weighted by molar-refractivity contribution is 6.10. The molecule has 84 valence electrons. The number of fused-ring (bicyclic) bond motifs is 3. The van der Waals surface area contributed by atoms with Gasteiger partial charge in [0.1, 0.15) is 0 Å². The Labute approximate surface area is 101 Å². The molecule has 1 heterocycles. The maximum Gasteiger partial charge on any atom is 0.0562 e. The molecule has 2 aromatic carbocycles. The van der Waals surface area contributed by atoms with Gasteiger partial charge in [0, 0.05) is 23.3 Å². The maximum absolute atomic E-state index is 2.28. The number of rotatable bonds is 1. The largest absolute Gasteiger partial charge is 0.343 e. The van der Waals surface area contributed by atoms with E-state index in [-0.39, 0.29) is 0 Å². The molecule has 0 saturated carbocycles. The number of nitrogens with zero attached hydrogens (tertiary/aromatic N) is 1. The number of aromatic nitrogens is 1. The van der Waals surface area contributed by atoms with Crippen molar-refractivity contribution in [3.63, 3.8) is 0 Å². The average molecular weight is 221 g/mol. The van der Waals surface area contributed by atoms with Gasteiger partial charge in [-0.1, -0.05) is 48.6 Å². The van der Waals surface area contributed by atoms with Crippen molar-refractivity contribution >= 4 is 27.9 Å². The molecular formula is C16H15N. The first-order valence-corrected chi connectivity index (χ1v) is 5.92. The quantitative estimate of drug-likeness (QED) is 0.575. The number of para-hydroxylation sites is 2. The van der Waals surface area contributed by atoms with Gasteiger partial charge < -0.3 is 4.57 Å². The van der Waals surface area contributed by atoms with Crippen LogP contribution in [0.1, 0.15) is 12.5 Å². The normalized spacial score (nSPS) is 11.9. The van der Waals surface area contributed by atoms with Gasteiger partial charge in [0.15, 0.2) is 0 Å². The summed E-state index contributed by atoms with van der Waals surface area (Å²) in [6.07, 6.45) is 4.26. The van der Waals surface area contributed by atoms with Crippen LogP contribution >= 0.6 is 0 Å². The van der Waals surface area contributed by atoms with E-state index in [2.05, 4.69) is 73.2 Å². The Hall–Kier alpha value is -2.02. The van der Waals surface area contributed by atoms with Gasteiger partial charge in [0.05, 0.1) is 5.52 Å². The minimum absolute atomic E-state index is 1.28. The van der Waals surface area contributed by atoms with E-state index >= 15 is 0 Å². The average Bonchev–Trinajstić information content (AvgIpc) is 2.66. The van der Waals surface area contributed by atoms with Crippen LogP contribution in [0.4, 0.5) is 0 Å².